The molecule has 28 heavy (non-hydrogen) atoms. The summed E-state index contributed by atoms with van der Waals surface area (Å²) < 4.78 is 4.79. The van der Waals surface area contributed by atoms with E-state index in [4.69, 9.17) is 4.74 Å². The molecular formula is C21H18N2O4S. The number of methoxy groups -OCH3 is 1. The Labute approximate surface area is 166 Å². The third-order valence-electron chi connectivity index (χ3n) is 5.65. The molecule has 3 heterocycles. The zero-order chi connectivity index (χ0) is 19.5. The van der Waals surface area contributed by atoms with Crippen molar-refractivity contribution in [2.75, 3.05) is 23.5 Å². The molecule has 2 aromatic rings. The monoisotopic (exact) mass is 394 g/mol. The van der Waals surface area contributed by atoms with Crippen LogP contribution in [0.3, 0.4) is 0 Å². The largest absolute Gasteiger partial charge is 0.465 e. The minimum Gasteiger partial charge on any atom is -0.465 e. The van der Waals surface area contributed by atoms with Gasteiger partial charge in [0, 0.05) is 23.5 Å². The molecule has 0 spiro atoms. The molecular weight excluding hydrogens is 376 g/mol. The molecule has 5 rings (SSSR count). The lowest BCUT2D eigenvalue weighted by atomic mass is 10.1. The van der Waals surface area contributed by atoms with Crippen LogP contribution < -0.4 is 9.80 Å². The molecule has 3 aliphatic rings. The van der Waals surface area contributed by atoms with E-state index in [0.717, 1.165) is 21.8 Å². The molecule has 2 aromatic carbocycles. The maximum atomic E-state index is 13.7. The molecule has 0 N–H and O–H groups in total. The molecule has 1 atom stereocenters. The summed E-state index contributed by atoms with van der Waals surface area (Å²) in [5.41, 5.74) is 3.06. The number of carbonyl (C=O) groups excluding carboxylic acids is 3. The van der Waals surface area contributed by atoms with Crippen molar-refractivity contribution in [3.8, 4) is 0 Å². The number of hydrogen-bond acceptors (Lipinski definition) is 5. The van der Waals surface area contributed by atoms with Crippen molar-refractivity contribution in [1.82, 2.24) is 0 Å². The number of para-hydroxylation sites is 1. The summed E-state index contributed by atoms with van der Waals surface area (Å²) in [4.78, 5) is 41.7. The van der Waals surface area contributed by atoms with Gasteiger partial charge in [-0.05, 0) is 48.7 Å². The molecule has 0 bridgehead atoms. The molecule has 0 saturated carbocycles. The van der Waals surface area contributed by atoms with Crippen molar-refractivity contribution in [3.05, 3.63) is 53.6 Å². The van der Waals surface area contributed by atoms with Crippen LogP contribution in [0.4, 0.5) is 11.4 Å². The number of amides is 2. The standard InChI is InChI=1S/C21H18N2O4S/c1-27-19(25)14-6-7-15-13(12-14)9-11-22(15)20(26)21-10-8-18(24)23(21)16-4-2-3-5-17(16)28-21/h2-7,12H,8-11H2,1H3. The second-order valence-corrected chi connectivity index (χ2v) is 8.44. The Bertz CT molecular complexity index is 1040. The van der Waals surface area contributed by atoms with Gasteiger partial charge >= 0.3 is 5.97 Å². The van der Waals surface area contributed by atoms with Crippen molar-refractivity contribution in [3.63, 3.8) is 0 Å². The fraction of sp³-hybridized carbons (Fsp3) is 0.286. The number of benzene rings is 2. The average Bonchev–Trinajstić information content (AvgIpc) is 3.38. The summed E-state index contributed by atoms with van der Waals surface area (Å²) in [6.07, 6.45) is 1.54. The van der Waals surface area contributed by atoms with E-state index in [2.05, 4.69) is 0 Å². The van der Waals surface area contributed by atoms with Crippen LogP contribution in [-0.4, -0.2) is 36.3 Å². The lowest BCUT2D eigenvalue weighted by molar-refractivity contribution is -0.122. The Morgan fingerprint density at radius 2 is 1.93 bits per heavy atom. The predicted octanol–water partition coefficient (Wildman–Crippen LogP) is 2.99. The van der Waals surface area contributed by atoms with Gasteiger partial charge in [0.1, 0.15) is 0 Å². The average molecular weight is 394 g/mol. The topological polar surface area (TPSA) is 66.9 Å². The summed E-state index contributed by atoms with van der Waals surface area (Å²) >= 11 is 1.48. The third kappa shape index (κ3) is 2.26. The highest BCUT2D eigenvalue weighted by atomic mass is 32.2. The Kier molecular flexibility index (Phi) is 3.77. The molecule has 0 aromatic heterocycles. The van der Waals surface area contributed by atoms with Gasteiger partial charge in [0.15, 0.2) is 4.87 Å². The normalized spacial score (nSPS) is 22.1. The van der Waals surface area contributed by atoms with Gasteiger partial charge < -0.3 is 9.64 Å². The third-order valence-corrected chi connectivity index (χ3v) is 7.11. The summed E-state index contributed by atoms with van der Waals surface area (Å²) in [6.45, 7) is 0.541. The van der Waals surface area contributed by atoms with Crippen molar-refractivity contribution in [2.45, 2.75) is 29.0 Å². The summed E-state index contributed by atoms with van der Waals surface area (Å²) in [5.74, 6) is -0.462. The van der Waals surface area contributed by atoms with Crippen LogP contribution in [0, 0.1) is 0 Å². The van der Waals surface area contributed by atoms with E-state index in [1.165, 1.54) is 18.9 Å². The molecule has 2 amide bonds. The van der Waals surface area contributed by atoms with E-state index in [9.17, 15) is 14.4 Å². The number of fused-ring (bicyclic) bond motifs is 4. The molecule has 7 heteroatoms. The number of carbonyl (C=O) groups is 3. The highest BCUT2D eigenvalue weighted by molar-refractivity contribution is 8.02. The Morgan fingerprint density at radius 3 is 2.75 bits per heavy atom. The maximum Gasteiger partial charge on any atom is 0.337 e. The molecule has 0 aliphatic carbocycles. The zero-order valence-corrected chi connectivity index (χ0v) is 16.1. The van der Waals surface area contributed by atoms with Crippen LogP contribution in [0.5, 0.6) is 0 Å². The number of anilines is 2. The summed E-state index contributed by atoms with van der Waals surface area (Å²) in [6, 6.07) is 13.0. The molecule has 1 saturated heterocycles. The van der Waals surface area contributed by atoms with E-state index in [1.807, 2.05) is 24.3 Å². The SMILES string of the molecule is COC(=O)c1ccc2c(c1)CCN2C(=O)C12CCC(=O)N1c1ccccc1S2. The van der Waals surface area contributed by atoms with Gasteiger partial charge in [-0.25, -0.2) is 4.79 Å². The van der Waals surface area contributed by atoms with Crippen molar-refractivity contribution in [1.29, 1.82) is 0 Å². The van der Waals surface area contributed by atoms with Gasteiger partial charge in [0.25, 0.3) is 5.91 Å². The second kappa shape index (κ2) is 6.10. The number of nitrogens with zero attached hydrogens (tertiary/aromatic N) is 2. The number of esters is 1. The molecule has 0 radical (unpaired) electrons. The number of rotatable bonds is 2. The Hall–Kier alpha value is -2.80. The number of thioether (sulfide) groups is 1. The van der Waals surface area contributed by atoms with Crippen molar-refractivity contribution >= 4 is 40.9 Å². The van der Waals surface area contributed by atoms with Crippen LogP contribution in [0.15, 0.2) is 47.4 Å². The van der Waals surface area contributed by atoms with Crippen LogP contribution in [0.25, 0.3) is 0 Å². The first-order valence-electron chi connectivity index (χ1n) is 9.19. The highest BCUT2D eigenvalue weighted by Gasteiger charge is 2.59. The van der Waals surface area contributed by atoms with Gasteiger partial charge in [0.2, 0.25) is 5.91 Å². The van der Waals surface area contributed by atoms with Crippen molar-refractivity contribution in [2.24, 2.45) is 0 Å². The number of hydrogen-bond donors (Lipinski definition) is 0. The van der Waals surface area contributed by atoms with Gasteiger partial charge in [-0.15, -0.1) is 0 Å². The quantitative estimate of drug-likeness (QED) is 0.733. The van der Waals surface area contributed by atoms with Crippen LogP contribution >= 0.6 is 11.8 Å². The first-order chi connectivity index (χ1) is 13.5. The highest BCUT2D eigenvalue weighted by Crippen LogP contribution is 2.56. The van der Waals surface area contributed by atoms with Gasteiger partial charge in [-0.2, -0.15) is 0 Å². The van der Waals surface area contributed by atoms with Crippen LogP contribution in [-0.2, 0) is 20.7 Å². The van der Waals surface area contributed by atoms with E-state index in [1.54, 1.807) is 28.0 Å². The smallest absolute Gasteiger partial charge is 0.337 e. The predicted molar refractivity (Wildman–Crippen MR) is 106 cm³/mol. The fourth-order valence-electron chi connectivity index (χ4n) is 4.35. The lowest BCUT2D eigenvalue weighted by Gasteiger charge is -2.33. The van der Waals surface area contributed by atoms with E-state index in [-0.39, 0.29) is 17.8 Å². The molecule has 1 unspecified atom stereocenters. The fourth-order valence-corrected chi connectivity index (χ4v) is 5.82. The van der Waals surface area contributed by atoms with E-state index >= 15 is 0 Å². The Balaban J connectivity index is 1.52. The molecule has 3 aliphatic heterocycles. The lowest BCUT2D eigenvalue weighted by Crippen LogP contribution is -2.53. The zero-order valence-electron chi connectivity index (χ0n) is 15.3. The van der Waals surface area contributed by atoms with Gasteiger partial charge in [-0.1, -0.05) is 23.9 Å². The minimum absolute atomic E-state index is 0.00809. The maximum absolute atomic E-state index is 13.7. The molecule has 1 fully saturated rings. The van der Waals surface area contributed by atoms with E-state index in [0.29, 0.717) is 31.4 Å². The molecule has 142 valence electrons. The van der Waals surface area contributed by atoms with Crippen molar-refractivity contribution < 1.29 is 19.1 Å². The number of ether oxygens (including phenoxy) is 1. The first kappa shape index (κ1) is 17.3. The van der Waals surface area contributed by atoms with Crippen LogP contribution in [0.2, 0.25) is 0 Å². The Morgan fingerprint density at radius 1 is 1.11 bits per heavy atom. The van der Waals surface area contributed by atoms with Gasteiger partial charge in [0.05, 0.1) is 18.4 Å². The minimum atomic E-state index is -0.913. The summed E-state index contributed by atoms with van der Waals surface area (Å²) in [5, 5.41) is 0. The van der Waals surface area contributed by atoms with E-state index < -0.39 is 4.87 Å². The second-order valence-electron chi connectivity index (χ2n) is 7.13. The van der Waals surface area contributed by atoms with Crippen LogP contribution in [0.1, 0.15) is 28.8 Å². The molecule has 6 nitrogen and oxygen atoms in total. The first-order valence-corrected chi connectivity index (χ1v) is 10.0. The summed E-state index contributed by atoms with van der Waals surface area (Å²) in [7, 11) is 1.35. The van der Waals surface area contributed by atoms with Gasteiger partial charge in [-0.3, -0.25) is 14.5 Å².